The third-order valence-corrected chi connectivity index (χ3v) is 5.59. The number of hydrogen-bond acceptors (Lipinski definition) is 8. The Morgan fingerprint density at radius 1 is 0.969 bits per heavy atom. The van der Waals surface area contributed by atoms with E-state index < -0.39 is 16.2 Å². The number of aromatic amines is 1. The predicted octanol–water partition coefficient (Wildman–Crippen LogP) is 3.56. The van der Waals surface area contributed by atoms with Crippen LogP contribution in [0.3, 0.4) is 0 Å². The Bertz CT molecular complexity index is 1500. The van der Waals surface area contributed by atoms with Crippen LogP contribution in [0.4, 0.5) is 28.7 Å². The topological polar surface area (TPSA) is 129 Å². The number of benzene rings is 1. The number of aryl methyl sites for hydroxylation is 3. The number of aromatic nitrogens is 5. The summed E-state index contributed by atoms with van der Waals surface area (Å²) >= 11 is 0. The molecule has 10 nitrogen and oxygen atoms in total. The molecule has 1 aromatic carbocycles. The molecule has 0 saturated carbocycles. The Kier molecular flexibility index (Phi) is 4.52. The van der Waals surface area contributed by atoms with Gasteiger partial charge in [0.25, 0.3) is 0 Å². The SMILES string of the molecule is [2H]C([2H])([2H])S(=O)(=O)N(C)c1ccccc1Nc1cc(Nc2cc(C)nc(C)n2)nc2nc(C)[nH]c12. The van der Waals surface area contributed by atoms with Crippen LogP contribution in [-0.2, 0) is 10.0 Å². The molecule has 166 valence electrons. The quantitative estimate of drug-likeness (QED) is 0.402. The van der Waals surface area contributed by atoms with E-state index in [2.05, 4.69) is 35.6 Å². The second-order valence-electron chi connectivity index (χ2n) is 7.26. The first-order valence-corrected chi connectivity index (χ1v) is 11.1. The maximum Gasteiger partial charge on any atom is 0.232 e. The van der Waals surface area contributed by atoms with Crippen LogP contribution >= 0.6 is 0 Å². The molecule has 0 atom stereocenters. The summed E-state index contributed by atoms with van der Waals surface area (Å²) in [6.07, 6.45) is -3.20. The smallest absolute Gasteiger partial charge is 0.232 e. The van der Waals surface area contributed by atoms with Crippen LogP contribution in [-0.4, -0.2) is 46.6 Å². The van der Waals surface area contributed by atoms with Crippen LogP contribution < -0.4 is 14.9 Å². The summed E-state index contributed by atoms with van der Waals surface area (Å²) in [4.78, 5) is 20.8. The average molecular weight is 456 g/mol. The van der Waals surface area contributed by atoms with Crippen molar-refractivity contribution in [2.45, 2.75) is 20.8 Å². The number of nitrogens with one attached hydrogen (secondary N) is 3. The monoisotopic (exact) mass is 455 g/mol. The molecule has 4 aromatic rings. The van der Waals surface area contributed by atoms with Gasteiger partial charge in [-0.2, -0.15) is 0 Å². The minimum Gasteiger partial charge on any atom is -0.352 e. The van der Waals surface area contributed by atoms with Crippen molar-refractivity contribution < 1.29 is 12.5 Å². The highest BCUT2D eigenvalue weighted by Gasteiger charge is 2.17. The number of sulfonamides is 1. The molecule has 0 bridgehead atoms. The van der Waals surface area contributed by atoms with Crippen LogP contribution in [0.2, 0.25) is 0 Å². The van der Waals surface area contributed by atoms with Crippen LogP contribution in [0.25, 0.3) is 11.2 Å². The van der Waals surface area contributed by atoms with Gasteiger partial charge in [-0.25, -0.2) is 28.4 Å². The van der Waals surface area contributed by atoms with Crippen molar-refractivity contribution >= 4 is 49.9 Å². The van der Waals surface area contributed by atoms with E-state index in [0.717, 1.165) is 10.00 Å². The summed E-state index contributed by atoms with van der Waals surface area (Å²) in [7, 11) is -3.40. The molecule has 0 radical (unpaired) electrons. The molecule has 4 rings (SSSR count). The number of rotatable bonds is 6. The summed E-state index contributed by atoms with van der Waals surface area (Å²) < 4.78 is 48.2. The van der Waals surface area contributed by atoms with Crippen LogP contribution in [0, 0.1) is 20.8 Å². The summed E-state index contributed by atoms with van der Waals surface area (Å²) in [5.74, 6) is 2.25. The molecule has 0 aliphatic carbocycles. The third-order valence-electron chi connectivity index (χ3n) is 4.68. The van der Waals surface area contributed by atoms with Gasteiger partial charge in [0.1, 0.15) is 28.8 Å². The van der Waals surface area contributed by atoms with E-state index in [0.29, 0.717) is 45.8 Å². The number of hydrogen-bond donors (Lipinski definition) is 3. The summed E-state index contributed by atoms with van der Waals surface area (Å²) in [6.45, 7) is 5.45. The van der Waals surface area contributed by atoms with Gasteiger partial charge in [0.05, 0.1) is 23.2 Å². The van der Waals surface area contributed by atoms with Crippen molar-refractivity contribution in [3.05, 3.63) is 53.7 Å². The Hall–Kier alpha value is -3.73. The van der Waals surface area contributed by atoms with Gasteiger partial charge in [-0.05, 0) is 32.9 Å². The number of imidazole rings is 1. The van der Waals surface area contributed by atoms with E-state index in [1.807, 2.05) is 6.92 Å². The lowest BCUT2D eigenvalue weighted by Crippen LogP contribution is -2.25. The first kappa shape index (κ1) is 17.9. The lowest BCUT2D eigenvalue weighted by molar-refractivity contribution is 0.600. The molecule has 0 aliphatic heterocycles. The van der Waals surface area contributed by atoms with Crippen molar-refractivity contribution in [1.29, 1.82) is 0 Å². The molecular weight excluding hydrogens is 428 g/mol. The largest absolute Gasteiger partial charge is 0.352 e. The molecule has 0 amide bonds. The molecule has 0 spiro atoms. The molecule has 11 heteroatoms. The average Bonchev–Trinajstić information content (AvgIpc) is 3.12. The molecular formula is C21H24N8O2S. The minimum atomic E-state index is -4.61. The van der Waals surface area contributed by atoms with Gasteiger partial charge in [-0.15, -0.1) is 0 Å². The lowest BCUT2D eigenvalue weighted by atomic mass is 10.2. The molecule has 0 fully saturated rings. The second-order valence-corrected chi connectivity index (χ2v) is 8.76. The van der Waals surface area contributed by atoms with Crippen LogP contribution in [0.15, 0.2) is 36.4 Å². The number of para-hydroxylation sites is 2. The predicted molar refractivity (Wildman–Crippen MR) is 126 cm³/mol. The number of nitrogens with zero attached hydrogens (tertiary/aromatic N) is 5. The normalized spacial score (nSPS) is 13.3. The maximum absolute atomic E-state index is 12.6. The number of pyridine rings is 1. The van der Waals surface area contributed by atoms with Gasteiger partial charge < -0.3 is 15.6 Å². The maximum atomic E-state index is 12.6. The molecule has 32 heavy (non-hydrogen) atoms. The number of fused-ring (bicyclic) bond motifs is 1. The van der Waals surface area contributed by atoms with E-state index in [9.17, 15) is 8.42 Å². The van der Waals surface area contributed by atoms with Crippen LogP contribution in [0.5, 0.6) is 0 Å². The van der Waals surface area contributed by atoms with E-state index in [4.69, 9.17) is 4.11 Å². The van der Waals surface area contributed by atoms with Gasteiger partial charge in [0, 0.05) is 29.0 Å². The van der Waals surface area contributed by atoms with Gasteiger partial charge in [-0.1, -0.05) is 12.1 Å². The Morgan fingerprint density at radius 2 is 1.72 bits per heavy atom. The fourth-order valence-electron chi connectivity index (χ4n) is 3.31. The van der Waals surface area contributed by atoms with Gasteiger partial charge in [-0.3, -0.25) is 4.31 Å². The van der Waals surface area contributed by atoms with Crippen LogP contribution in [0.1, 0.15) is 21.5 Å². The minimum absolute atomic E-state index is 0.168. The Balaban J connectivity index is 1.77. The highest BCUT2D eigenvalue weighted by atomic mass is 32.2. The first-order valence-electron chi connectivity index (χ1n) is 11.2. The molecule has 3 N–H and O–H groups in total. The van der Waals surface area contributed by atoms with Crippen molar-refractivity contribution in [2.75, 3.05) is 28.2 Å². The molecule has 0 aliphatic rings. The van der Waals surface area contributed by atoms with Crippen molar-refractivity contribution in [2.24, 2.45) is 0 Å². The first-order chi connectivity index (χ1) is 16.3. The van der Waals surface area contributed by atoms with Gasteiger partial charge >= 0.3 is 0 Å². The van der Waals surface area contributed by atoms with E-state index in [1.54, 1.807) is 44.2 Å². The van der Waals surface area contributed by atoms with Gasteiger partial charge in [0.2, 0.25) is 10.0 Å². The van der Waals surface area contributed by atoms with Gasteiger partial charge in [0.15, 0.2) is 5.65 Å². The second kappa shape index (κ2) is 8.08. The highest BCUT2D eigenvalue weighted by Crippen LogP contribution is 2.33. The summed E-state index contributed by atoms with van der Waals surface area (Å²) in [6, 6.07) is 10.0. The standard InChI is InChI=1S/C21H24N8O2S/c1-12-10-18(23-13(2)22-12)27-19-11-16(20-21(28-19)25-14(3)24-20)26-15-8-6-7-9-17(15)29(4)32(5,30)31/h6-11H,1-5H3,(H3,22,23,24,25,26,27,28)/i5D3. The van der Waals surface area contributed by atoms with E-state index >= 15 is 0 Å². The zero-order valence-corrected chi connectivity index (χ0v) is 18.7. The number of anilines is 5. The van der Waals surface area contributed by atoms with E-state index in [-0.39, 0.29) is 5.69 Å². The fraction of sp³-hybridized carbons (Fsp3) is 0.238. The third kappa shape index (κ3) is 4.47. The number of H-pyrrole nitrogens is 1. The molecule has 3 heterocycles. The lowest BCUT2D eigenvalue weighted by Gasteiger charge is -2.21. The summed E-state index contributed by atoms with van der Waals surface area (Å²) in [5.41, 5.74) is 2.91. The zero-order valence-electron chi connectivity index (χ0n) is 20.9. The Labute approximate surface area is 190 Å². The van der Waals surface area contributed by atoms with Crippen molar-refractivity contribution in [3.8, 4) is 0 Å². The molecule has 0 unspecified atom stereocenters. The summed E-state index contributed by atoms with van der Waals surface area (Å²) in [5, 5.41) is 6.37. The van der Waals surface area contributed by atoms with Crippen molar-refractivity contribution in [3.63, 3.8) is 0 Å². The fourth-order valence-corrected chi connectivity index (χ4v) is 3.72. The highest BCUT2D eigenvalue weighted by molar-refractivity contribution is 7.92. The Morgan fingerprint density at radius 3 is 2.47 bits per heavy atom. The van der Waals surface area contributed by atoms with Crippen molar-refractivity contribution in [1.82, 2.24) is 24.9 Å². The molecule has 3 aromatic heterocycles. The zero-order chi connectivity index (χ0) is 25.5. The molecule has 0 saturated heterocycles. The van der Waals surface area contributed by atoms with E-state index in [1.165, 1.54) is 13.1 Å².